The zero-order chi connectivity index (χ0) is 13.0. The highest BCUT2D eigenvalue weighted by Gasteiger charge is 2.11. The zero-order valence-electron chi connectivity index (χ0n) is 9.09. The van der Waals surface area contributed by atoms with E-state index in [1.54, 1.807) is 11.9 Å². The number of carboxylic acids is 1. The minimum absolute atomic E-state index is 0.0837. The molecule has 0 aliphatic rings. The van der Waals surface area contributed by atoms with Crippen LogP contribution in [-0.4, -0.2) is 34.5 Å². The van der Waals surface area contributed by atoms with Crippen molar-refractivity contribution in [3.63, 3.8) is 0 Å². The number of carbonyl (C=O) groups is 1. The summed E-state index contributed by atoms with van der Waals surface area (Å²) >= 11 is 5.88. The van der Waals surface area contributed by atoms with E-state index in [0.29, 0.717) is 12.1 Å². The van der Waals surface area contributed by atoms with Crippen LogP contribution in [0, 0.1) is 10.1 Å². The maximum atomic E-state index is 10.5. The van der Waals surface area contributed by atoms with Gasteiger partial charge in [-0.25, -0.2) is 0 Å². The molecule has 0 fully saturated rings. The number of hydrogen-bond acceptors (Lipinski definition) is 4. The van der Waals surface area contributed by atoms with Gasteiger partial charge in [0.15, 0.2) is 0 Å². The zero-order valence-corrected chi connectivity index (χ0v) is 9.85. The summed E-state index contributed by atoms with van der Waals surface area (Å²) in [6.45, 7) is 0.205. The number of halogens is 1. The van der Waals surface area contributed by atoms with Gasteiger partial charge in [0.2, 0.25) is 0 Å². The highest BCUT2D eigenvalue weighted by atomic mass is 35.5. The van der Waals surface area contributed by atoms with Gasteiger partial charge in [0.1, 0.15) is 0 Å². The molecule has 0 bridgehead atoms. The van der Waals surface area contributed by atoms with E-state index in [9.17, 15) is 14.9 Å². The summed E-state index contributed by atoms with van der Waals surface area (Å²) in [5, 5.41) is 19.3. The van der Waals surface area contributed by atoms with Crippen molar-refractivity contribution in [3.8, 4) is 0 Å². The molecular weight excluding hydrogens is 248 g/mol. The van der Waals surface area contributed by atoms with Crippen LogP contribution in [-0.2, 0) is 11.3 Å². The number of hydrogen-bond donors (Lipinski definition) is 1. The van der Waals surface area contributed by atoms with Crippen molar-refractivity contribution in [2.45, 2.75) is 6.54 Å². The van der Waals surface area contributed by atoms with Crippen LogP contribution in [0.15, 0.2) is 18.2 Å². The standard InChI is InChI=1S/C10H11ClN2O4/c1-12(6-10(14)15)5-7-2-3-8(13(16)17)4-9(7)11/h2-4H,5-6H2,1H3,(H,14,15). The lowest BCUT2D eigenvalue weighted by atomic mass is 10.2. The first-order valence-corrected chi connectivity index (χ1v) is 5.11. The van der Waals surface area contributed by atoms with Crippen LogP contribution in [0.1, 0.15) is 5.56 Å². The van der Waals surface area contributed by atoms with E-state index in [4.69, 9.17) is 16.7 Å². The molecular formula is C10H11ClN2O4. The fourth-order valence-electron chi connectivity index (χ4n) is 1.36. The molecule has 1 N–H and O–H groups in total. The molecule has 7 heteroatoms. The fourth-order valence-corrected chi connectivity index (χ4v) is 1.59. The Balaban J connectivity index is 2.79. The molecule has 0 aliphatic heterocycles. The van der Waals surface area contributed by atoms with Crippen molar-refractivity contribution in [1.29, 1.82) is 0 Å². The van der Waals surface area contributed by atoms with Gasteiger partial charge in [-0.1, -0.05) is 11.6 Å². The summed E-state index contributed by atoms with van der Waals surface area (Å²) in [6.07, 6.45) is 0. The summed E-state index contributed by atoms with van der Waals surface area (Å²) in [5.41, 5.74) is 0.570. The normalized spacial score (nSPS) is 10.5. The van der Waals surface area contributed by atoms with Crippen molar-refractivity contribution in [3.05, 3.63) is 38.9 Å². The lowest BCUT2D eigenvalue weighted by Gasteiger charge is -2.14. The maximum absolute atomic E-state index is 10.5. The second-order valence-electron chi connectivity index (χ2n) is 3.60. The number of nitro benzene ring substituents is 1. The number of nitro groups is 1. The summed E-state index contributed by atoms with van der Waals surface area (Å²) in [5.74, 6) is -0.939. The third-order valence-electron chi connectivity index (χ3n) is 2.09. The average Bonchev–Trinajstić information content (AvgIpc) is 2.19. The van der Waals surface area contributed by atoms with Crippen LogP contribution < -0.4 is 0 Å². The van der Waals surface area contributed by atoms with Crippen LogP contribution in [0.3, 0.4) is 0 Å². The van der Waals surface area contributed by atoms with Crippen molar-refractivity contribution >= 4 is 23.3 Å². The molecule has 1 rings (SSSR count). The predicted octanol–water partition coefficient (Wildman–Crippen LogP) is 1.76. The predicted molar refractivity (Wildman–Crippen MR) is 62.1 cm³/mol. The second-order valence-corrected chi connectivity index (χ2v) is 4.01. The topological polar surface area (TPSA) is 83.7 Å². The first-order chi connectivity index (χ1) is 7.90. The summed E-state index contributed by atoms with van der Waals surface area (Å²) in [4.78, 5) is 22.0. The lowest BCUT2D eigenvalue weighted by molar-refractivity contribution is -0.384. The van der Waals surface area contributed by atoms with E-state index >= 15 is 0 Å². The largest absolute Gasteiger partial charge is 0.480 e. The monoisotopic (exact) mass is 258 g/mol. The van der Waals surface area contributed by atoms with E-state index in [1.807, 2.05) is 0 Å². The van der Waals surface area contributed by atoms with Gasteiger partial charge in [-0.2, -0.15) is 0 Å². The molecule has 0 saturated carbocycles. The van der Waals surface area contributed by atoms with Crippen LogP contribution in [0.4, 0.5) is 5.69 Å². The number of non-ortho nitro benzene ring substituents is 1. The van der Waals surface area contributed by atoms with E-state index in [1.165, 1.54) is 18.2 Å². The number of rotatable bonds is 5. The number of nitrogens with zero attached hydrogens (tertiary/aromatic N) is 2. The van der Waals surface area contributed by atoms with Gasteiger partial charge in [0.05, 0.1) is 16.5 Å². The van der Waals surface area contributed by atoms with E-state index in [0.717, 1.165) is 0 Å². The first-order valence-electron chi connectivity index (χ1n) is 4.73. The molecule has 0 unspecified atom stereocenters. The van der Waals surface area contributed by atoms with E-state index in [-0.39, 0.29) is 17.3 Å². The molecule has 0 radical (unpaired) electrons. The minimum Gasteiger partial charge on any atom is -0.480 e. The Morgan fingerprint density at radius 2 is 2.24 bits per heavy atom. The second kappa shape index (κ2) is 5.60. The van der Waals surface area contributed by atoms with Crippen molar-refractivity contribution in [2.24, 2.45) is 0 Å². The maximum Gasteiger partial charge on any atom is 0.317 e. The molecule has 92 valence electrons. The SMILES string of the molecule is CN(CC(=O)O)Cc1ccc([N+](=O)[O-])cc1Cl. The fraction of sp³-hybridized carbons (Fsp3) is 0.300. The number of carboxylic acid groups (broad SMARTS) is 1. The number of benzene rings is 1. The van der Waals surface area contributed by atoms with E-state index in [2.05, 4.69) is 0 Å². The molecule has 17 heavy (non-hydrogen) atoms. The summed E-state index contributed by atoms with van der Waals surface area (Å²) in [6, 6.07) is 4.13. The Bertz CT molecular complexity index is 450. The van der Waals surface area contributed by atoms with Crippen LogP contribution >= 0.6 is 11.6 Å². The first kappa shape index (κ1) is 13.4. The summed E-state index contributed by atoms with van der Waals surface area (Å²) < 4.78 is 0. The van der Waals surface area contributed by atoms with Gasteiger partial charge < -0.3 is 5.11 Å². The highest BCUT2D eigenvalue weighted by molar-refractivity contribution is 6.31. The van der Waals surface area contributed by atoms with Crippen LogP contribution in [0.2, 0.25) is 5.02 Å². The molecule has 0 aliphatic carbocycles. The Morgan fingerprint density at radius 1 is 1.59 bits per heavy atom. The van der Waals surface area contributed by atoms with Gasteiger partial charge in [0.25, 0.3) is 5.69 Å². The Hall–Kier alpha value is -1.66. The molecule has 0 amide bonds. The Morgan fingerprint density at radius 3 is 2.71 bits per heavy atom. The number of likely N-dealkylation sites (N-methyl/N-ethyl adjacent to an activating group) is 1. The molecule has 0 heterocycles. The third-order valence-corrected chi connectivity index (χ3v) is 2.44. The van der Waals surface area contributed by atoms with Gasteiger partial charge in [-0.05, 0) is 18.7 Å². The molecule has 0 aromatic heterocycles. The van der Waals surface area contributed by atoms with Crippen LogP contribution in [0.25, 0.3) is 0 Å². The van der Waals surface area contributed by atoms with Crippen LogP contribution in [0.5, 0.6) is 0 Å². The minimum atomic E-state index is -0.939. The lowest BCUT2D eigenvalue weighted by Crippen LogP contribution is -2.25. The quantitative estimate of drug-likeness (QED) is 0.643. The van der Waals surface area contributed by atoms with Crippen molar-refractivity contribution in [1.82, 2.24) is 4.90 Å². The van der Waals surface area contributed by atoms with Crippen molar-refractivity contribution < 1.29 is 14.8 Å². The molecule has 6 nitrogen and oxygen atoms in total. The van der Waals surface area contributed by atoms with Crippen molar-refractivity contribution in [2.75, 3.05) is 13.6 Å². The molecule has 0 spiro atoms. The smallest absolute Gasteiger partial charge is 0.317 e. The Kier molecular flexibility index (Phi) is 4.42. The molecule has 1 aromatic rings. The summed E-state index contributed by atoms with van der Waals surface area (Å²) in [7, 11) is 1.63. The van der Waals surface area contributed by atoms with Gasteiger partial charge in [-0.15, -0.1) is 0 Å². The number of aliphatic carboxylic acids is 1. The highest BCUT2D eigenvalue weighted by Crippen LogP contribution is 2.23. The molecule has 0 saturated heterocycles. The van der Waals surface area contributed by atoms with Gasteiger partial charge in [0, 0.05) is 18.7 Å². The third kappa shape index (κ3) is 4.01. The van der Waals surface area contributed by atoms with E-state index < -0.39 is 10.9 Å². The average molecular weight is 259 g/mol. The van der Waals surface area contributed by atoms with Gasteiger partial charge >= 0.3 is 5.97 Å². The molecule has 0 atom stereocenters. The Labute approximate surface area is 103 Å². The van der Waals surface area contributed by atoms with Gasteiger partial charge in [-0.3, -0.25) is 19.8 Å². The molecule has 1 aromatic carbocycles.